The summed E-state index contributed by atoms with van der Waals surface area (Å²) in [5.41, 5.74) is 1.92. The predicted molar refractivity (Wildman–Crippen MR) is 77.4 cm³/mol. The fourth-order valence-corrected chi connectivity index (χ4v) is 2.84. The zero-order chi connectivity index (χ0) is 13.1. The van der Waals surface area contributed by atoms with Crippen molar-refractivity contribution >= 4 is 22.3 Å². The van der Waals surface area contributed by atoms with Gasteiger partial charge in [0.25, 0.3) is 0 Å². The lowest BCUT2D eigenvalue weighted by Gasteiger charge is -1.95. The Hall–Kier alpha value is -1.72. The Morgan fingerprint density at radius 2 is 2.16 bits per heavy atom. The van der Waals surface area contributed by atoms with Gasteiger partial charge in [0.15, 0.2) is 5.01 Å². The van der Waals surface area contributed by atoms with E-state index >= 15 is 0 Å². The van der Waals surface area contributed by atoms with Gasteiger partial charge in [-0.2, -0.15) is 0 Å². The van der Waals surface area contributed by atoms with Gasteiger partial charge >= 0.3 is 0 Å². The van der Waals surface area contributed by atoms with Crippen LogP contribution in [-0.4, -0.2) is 23.3 Å². The quantitative estimate of drug-likeness (QED) is 0.726. The summed E-state index contributed by atoms with van der Waals surface area (Å²) in [6.07, 6.45) is 2.68. The number of likely N-dealkylation sites (N-methyl/N-ethyl adjacent to an activating group) is 1. The van der Waals surface area contributed by atoms with Crippen molar-refractivity contribution in [2.75, 3.05) is 13.1 Å². The largest absolute Gasteiger partial charge is 0.464 e. The molecule has 5 heteroatoms. The van der Waals surface area contributed by atoms with Gasteiger partial charge in [0.1, 0.15) is 16.9 Å². The van der Waals surface area contributed by atoms with Gasteiger partial charge < -0.3 is 9.73 Å². The van der Waals surface area contributed by atoms with Gasteiger partial charge in [0.2, 0.25) is 0 Å². The van der Waals surface area contributed by atoms with Crippen LogP contribution in [0.3, 0.4) is 0 Å². The van der Waals surface area contributed by atoms with Crippen LogP contribution in [0, 0.1) is 0 Å². The zero-order valence-corrected chi connectivity index (χ0v) is 11.5. The Labute approximate surface area is 115 Å². The fourth-order valence-electron chi connectivity index (χ4n) is 1.98. The van der Waals surface area contributed by atoms with Crippen molar-refractivity contribution in [2.45, 2.75) is 13.3 Å². The summed E-state index contributed by atoms with van der Waals surface area (Å²) in [6, 6.07) is 7.99. The van der Waals surface area contributed by atoms with Crippen LogP contribution in [0.25, 0.3) is 21.5 Å². The van der Waals surface area contributed by atoms with E-state index in [0.29, 0.717) is 0 Å². The molecule has 0 aliphatic rings. The maximum Gasteiger partial charge on any atom is 0.151 e. The van der Waals surface area contributed by atoms with Crippen LogP contribution in [0.5, 0.6) is 0 Å². The minimum atomic E-state index is 0.891. The van der Waals surface area contributed by atoms with E-state index in [1.54, 1.807) is 17.6 Å². The number of nitrogens with zero attached hydrogens (tertiary/aromatic N) is 2. The molecule has 1 N–H and O–H groups in total. The molecule has 1 aromatic carbocycles. The highest BCUT2D eigenvalue weighted by Gasteiger charge is 2.12. The van der Waals surface area contributed by atoms with Crippen molar-refractivity contribution < 1.29 is 4.42 Å². The lowest BCUT2D eigenvalue weighted by molar-refractivity contribution is 0.617. The van der Waals surface area contributed by atoms with Crippen LogP contribution in [0.15, 0.2) is 34.9 Å². The first-order chi connectivity index (χ1) is 9.38. The first kappa shape index (κ1) is 12.3. The summed E-state index contributed by atoms with van der Waals surface area (Å²) in [4.78, 5) is 0. The minimum absolute atomic E-state index is 0.891. The van der Waals surface area contributed by atoms with Crippen LogP contribution in [0.2, 0.25) is 0 Å². The molecule has 0 spiro atoms. The molecule has 0 fully saturated rings. The number of hydrogen-bond acceptors (Lipinski definition) is 5. The molecule has 98 valence electrons. The van der Waals surface area contributed by atoms with Crippen LogP contribution >= 0.6 is 11.3 Å². The zero-order valence-electron chi connectivity index (χ0n) is 10.7. The molecule has 0 bridgehead atoms. The number of benzene rings is 1. The predicted octanol–water partition coefficient (Wildman–Crippen LogP) is 3.10. The summed E-state index contributed by atoms with van der Waals surface area (Å²) in [5.74, 6) is 0. The van der Waals surface area contributed by atoms with Gasteiger partial charge in [-0.25, -0.2) is 0 Å². The van der Waals surface area contributed by atoms with Gasteiger partial charge in [-0.1, -0.05) is 36.5 Å². The first-order valence-corrected chi connectivity index (χ1v) is 7.20. The van der Waals surface area contributed by atoms with Crippen LogP contribution in [-0.2, 0) is 6.42 Å². The Bertz CT molecular complexity index is 674. The van der Waals surface area contributed by atoms with Crippen molar-refractivity contribution in [3.63, 3.8) is 0 Å². The molecule has 2 heterocycles. The second-order valence-electron chi connectivity index (χ2n) is 4.25. The van der Waals surface area contributed by atoms with E-state index in [4.69, 9.17) is 4.42 Å². The highest BCUT2D eigenvalue weighted by molar-refractivity contribution is 7.14. The minimum Gasteiger partial charge on any atom is -0.464 e. The van der Waals surface area contributed by atoms with E-state index in [-0.39, 0.29) is 0 Å². The molecule has 19 heavy (non-hydrogen) atoms. The van der Waals surface area contributed by atoms with E-state index in [0.717, 1.165) is 46.1 Å². The normalized spacial score (nSPS) is 11.2. The number of hydrogen-bond donors (Lipinski definition) is 1. The maximum atomic E-state index is 5.54. The SMILES string of the molecule is CCNCCc1nnc(-c2coc3ccccc23)s1. The molecule has 3 aromatic rings. The topological polar surface area (TPSA) is 51.0 Å². The molecular weight excluding hydrogens is 258 g/mol. The molecule has 0 atom stereocenters. The second-order valence-corrected chi connectivity index (χ2v) is 5.31. The third kappa shape index (κ3) is 2.52. The average Bonchev–Trinajstić information content (AvgIpc) is 3.05. The molecule has 2 aromatic heterocycles. The van der Waals surface area contributed by atoms with Crippen molar-refractivity contribution in [2.24, 2.45) is 0 Å². The summed E-state index contributed by atoms with van der Waals surface area (Å²) in [5, 5.41) is 14.9. The molecule has 0 saturated carbocycles. The summed E-state index contributed by atoms with van der Waals surface area (Å²) in [7, 11) is 0. The van der Waals surface area contributed by atoms with Crippen LogP contribution in [0.1, 0.15) is 11.9 Å². The maximum absolute atomic E-state index is 5.54. The summed E-state index contributed by atoms with van der Waals surface area (Å²) >= 11 is 1.63. The van der Waals surface area contributed by atoms with Crippen molar-refractivity contribution in [3.8, 4) is 10.6 Å². The average molecular weight is 273 g/mol. The Balaban J connectivity index is 1.86. The summed E-state index contributed by atoms with van der Waals surface area (Å²) < 4.78 is 5.54. The Kier molecular flexibility index (Phi) is 3.57. The van der Waals surface area contributed by atoms with E-state index in [1.165, 1.54) is 0 Å². The van der Waals surface area contributed by atoms with Gasteiger partial charge in [-0.15, -0.1) is 10.2 Å². The highest BCUT2D eigenvalue weighted by atomic mass is 32.1. The van der Waals surface area contributed by atoms with Crippen LogP contribution in [0.4, 0.5) is 0 Å². The summed E-state index contributed by atoms with van der Waals surface area (Å²) in [6.45, 7) is 4.03. The van der Waals surface area contributed by atoms with E-state index in [2.05, 4.69) is 22.4 Å². The number of nitrogens with one attached hydrogen (secondary N) is 1. The van der Waals surface area contributed by atoms with E-state index in [9.17, 15) is 0 Å². The molecule has 0 saturated heterocycles. The monoisotopic (exact) mass is 273 g/mol. The van der Waals surface area contributed by atoms with Gasteiger partial charge in [0.05, 0.1) is 5.56 Å². The van der Waals surface area contributed by atoms with E-state index < -0.39 is 0 Å². The molecule has 4 nitrogen and oxygen atoms in total. The fraction of sp³-hybridized carbons (Fsp3) is 0.286. The lowest BCUT2D eigenvalue weighted by Crippen LogP contribution is -2.15. The highest BCUT2D eigenvalue weighted by Crippen LogP contribution is 2.32. The Morgan fingerprint density at radius 3 is 3.05 bits per heavy atom. The van der Waals surface area contributed by atoms with Crippen molar-refractivity contribution in [1.82, 2.24) is 15.5 Å². The number of furan rings is 1. The lowest BCUT2D eigenvalue weighted by atomic mass is 10.2. The standard InChI is InChI=1S/C14H15N3OS/c1-2-15-8-7-13-16-17-14(19-13)11-9-18-12-6-4-3-5-10(11)12/h3-6,9,15H,2,7-8H2,1H3. The molecule has 0 amide bonds. The van der Waals surface area contributed by atoms with Gasteiger partial charge in [0, 0.05) is 18.4 Å². The van der Waals surface area contributed by atoms with Gasteiger partial charge in [-0.05, 0) is 12.6 Å². The van der Waals surface area contributed by atoms with Gasteiger partial charge in [-0.3, -0.25) is 0 Å². The van der Waals surface area contributed by atoms with E-state index in [1.807, 2.05) is 24.3 Å². The molecule has 0 unspecified atom stereocenters. The number of para-hydroxylation sites is 1. The van der Waals surface area contributed by atoms with Crippen molar-refractivity contribution in [1.29, 1.82) is 0 Å². The number of aromatic nitrogens is 2. The Morgan fingerprint density at radius 1 is 1.26 bits per heavy atom. The molecule has 3 rings (SSSR count). The third-order valence-corrected chi connectivity index (χ3v) is 3.96. The first-order valence-electron chi connectivity index (χ1n) is 6.38. The molecule has 0 radical (unpaired) electrons. The number of fused-ring (bicyclic) bond motifs is 1. The molecule has 0 aliphatic carbocycles. The van der Waals surface area contributed by atoms with Crippen molar-refractivity contribution in [3.05, 3.63) is 35.5 Å². The third-order valence-electron chi connectivity index (χ3n) is 2.94. The smallest absolute Gasteiger partial charge is 0.151 e. The molecular formula is C14H15N3OS. The number of rotatable bonds is 5. The second kappa shape index (κ2) is 5.50. The molecule has 0 aliphatic heterocycles. The van der Waals surface area contributed by atoms with Crippen LogP contribution < -0.4 is 5.32 Å².